The van der Waals surface area contributed by atoms with E-state index in [1.165, 1.54) is 4.90 Å². The molecule has 0 aromatic heterocycles. The highest BCUT2D eigenvalue weighted by Gasteiger charge is 2.19. The van der Waals surface area contributed by atoms with E-state index >= 15 is 0 Å². The molecular weight excluding hydrogens is 278 g/mol. The van der Waals surface area contributed by atoms with Crippen LogP contribution in [-0.4, -0.2) is 12.2 Å². The van der Waals surface area contributed by atoms with Crippen LogP contribution in [0.25, 0.3) is 0 Å². The fraction of sp³-hybridized carbons (Fsp3) is 0.278. The third-order valence-corrected chi connectivity index (χ3v) is 4.20. The summed E-state index contributed by atoms with van der Waals surface area (Å²) in [7, 11) is 0. The van der Waals surface area contributed by atoms with E-state index in [1.54, 1.807) is 11.8 Å². The van der Waals surface area contributed by atoms with E-state index in [-0.39, 0.29) is 11.8 Å². The molecule has 2 nitrogen and oxygen atoms in total. The normalized spacial score (nSPS) is 11.9. The summed E-state index contributed by atoms with van der Waals surface area (Å²) < 4.78 is 0. The molecule has 110 valence electrons. The van der Waals surface area contributed by atoms with Gasteiger partial charge < -0.3 is 5.32 Å². The van der Waals surface area contributed by atoms with E-state index in [2.05, 4.69) is 12.2 Å². The zero-order chi connectivity index (χ0) is 15.1. The molecule has 1 atom stereocenters. The fourth-order valence-corrected chi connectivity index (χ4v) is 2.74. The molecule has 0 aliphatic carbocycles. The number of amides is 1. The third kappa shape index (κ3) is 4.36. The lowest BCUT2D eigenvalue weighted by atomic mass is 9.93. The van der Waals surface area contributed by atoms with Gasteiger partial charge in [0.05, 0.1) is 5.92 Å². The molecule has 0 saturated carbocycles. The number of carbonyl (C=O) groups is 1. The second-order valence-corrected chi connectivity index (χ2v) is 5.85. The molecule has 21 heavy (non-hydrogen) atoms. The second kappa shape index (κ2) is 7.89. The Labute approximate surface area is 131 Å². The molecule has 0 aliphatic rings. The summed E-state index contributed by atoms with van der Waals surface area (Å²) in [6.07, 6.45) is 3.89. The van der Waals surface area contributed by atoms with Crippen LogP contribution in [0.4, 0.5) is 5.69 Å². The van der Waals surface area contributed by atoms with E-state index < -0.39 is 0 Å². The van der Waals surface area contributed by atoms with Crippen LogP contribution in [0.1, 0.15) is 31.2 Å². The quantitative estimate of drug-likeness (QED) is 0.766. The van der Waals surface area contributed by atoms with Gasteiger partial charge in [0, 0.05) is 10.6 Å². The highest BCUT2D eigenvalue weighted by molar-refractivity contribution is 7.98. The maximum atomic E-state index is 12.5. The molecule has 1 amide bonds. The van der Waals surface area contributed by atoms with Crippen molar-refractivity contribution >= 4 is 23.4 Å². The molecule has 0 spiro atoms. The lowest BCUT2D eigenvalue weighted by Crippen LogP contribution is -2.21. The Kier molecular flexibility index (Phi) is 5.88. The Hall–Kier alpha value is -1.74. The number of rotatable bonds is 6. The van der Waals surface area contributed by atoms with Crippen LogP contribution < -0.4 is 5.32 Å². The van der Waals surface area contributed by atoms with Gasteiger partial charge in [-0.3, -0.25) is 4.79 Å². The zero-order valence-electron chi connectivity index (χ0n) is 12.5. The van der Waals surface area contributed by atoms with E-state index in [0.717, 1.165) is 24.1 Å². The van der Waals surface area contributed by atoms with Gasteiger partial charge in [0.25, 0.3) is 0 Å². The zero-order valence-corrected chi connectivity index (χ0v) is 13.3. The molecule has 0 fully saturated rings. The number of hydrogen-bond donors (Lipinski definition) is 1. The van der Waals surface area contributed by atoms with Crippen molar-refractivity contribution in [1.29, 1.82) is 0 Å². The molecule has 0 heterocycles. The average molecular weight is 299 g/mol. The Bertz CT molecular complexity index is 566. The van der Waals surface area contributed by atoms with E-state index in [4.69, 9.17) is 0 Å². The van der Waals surface area contributed by atoms with Gasteiger partial charge in [-0.15, -0.1) is 11.8 Å². The van der Waals surface area contributed by atoms with Gasteiger partial charge in [-0.05, 0) is 42.5 Å². The van der Waals surface area contributed by atoms with Crippen molar-refractivity contribution in [2.75, 3.05) is 11.6 Å². The minimum atomic E-state index is -0.0866. The number of thioether (sulfide) groups is 1. The summed E-state index contributed by atoms with van der Waals surface area (Å²) in [6, 6.07) is 18.0. The molecule has 2 aromatic carbocycles. The smallest absolute Gasteiger partial charge is 0.231 e. The van der Waals surface area contributed by atoms with Crippen molar-refractivity contribution < 1.29 is 4.79 Å². The van der Waals surface area contributed by atoms with Gasteiger partial charge in [0.1, 0.15) is 0 Å². The molecule has 0 bridgehead atoms. The second-order valence-electron chi connectivity index (χ2n) is 4.97. The Morgan fingerprint density at radius 3 is 2.33 bits per heavy atom. The topological polar surface area (TPSA) is 29.1 Å². The SMILES string of the molecule is CCC[C@@H](C(=O)Nc1ccc(SC)cc1)c1ccccc1. The highest BCUT2D eigenvalue weighted by Crippen LogP contribution is 2.24. The van der Waals surface area contributed by atoms with E-state index in [0.29, 0.717) is 0 Å². The minimum absolute atomic E-state index is 0.0694. The predicted molar refractivity (Wildman–Crippen MR) is 90.9 cm³/mol. The lowest BCUT2D eigenvalue weighted by molar-refractivity contribution is -0.117. The first-order valence-corrected chi connectivity index (χ1v) is 8.47. The lowest BCUT2D eigenvalue weighted by Gasteiger charge is -2.16. The van der Waals surface area contributed by atoms with Crippen LogP contribution in [0, 0.1) is 0 Å². The first kappa shape index (κ1) is 15.6. The summed E-state index contributed by atoms with van der Waals surface area (Å²) in [6.45, 7) is 2.11. The minimum Gasteiger partial charge on any atom is -0.326 e. The van der Waals surface area contributed by atoms with E-state index in [1.807, 2.05) is 60.9 Å². The van der Waals surface area contributed by atoms with Crippen molar-refractivity contribution in [3.63, 3.8) is 0 Å². The number of anilines is 1. The molecule has 0 saturated heterocycles. The third-order valence-electron chi connectivity index (χ3n) is 3.45. The van der Waals surface area contributed by atoms with Gasteiger partial charge in [-0.25, -0.2) is 0 Å². The maximum absolute atomic E-state index is 12.5. The fourth-order valence-electron chi connectivity index (χ4n) is 2.33. The Morgan fingerprint density at radius 2 is 1.76 bits per heavy atom. The molecule has 3 heteroatoms. The van der Waals surface area contributed by atoms with Crippen molar-refractivity contribution in [3.05, 3.63) is 60.2 Å². The van der Waals surface area contributed by atoms with Crippen LogP contribution in [-0.2, 0) is 4.79 Å². The summed E-state index contributed by atoms with van der Waals surface area (Å²) in [4.78, 5) is 13.7. The maximum Gasteiger partial charge on any atom is 0.231 e. The van der Waals surface area contributed by atoms with Crippen molar-refractivity contribution in [1.82, 2.24) is 0 Å². The largest absolute Gasteiger partial charge is 0.326 e. The summed E-state index contributed by atoms with van der Waals surface area (Å²) in [5, 5.41) is 3.03. The summed E-state index contributed by atoms with van der Waals surface area (Å²) in [5.41, 5.74) is 1.94. The molecular formula is C18H21NOS. The van der Waals surface area contributed by atoms with Gasteiger partial charge in [0.2, 0.25) is 5.91 Å². The first-order chi connectivity index (χ1) is 10.2. The van der Waals surface area contributed by atoms with E-state index in [9.17, 15) is 4.79 Å². The van der Waals surface area contributed by atoms with Crippen LogP contribution in [0.2, 0.25) is 0 Å². The molecule has 2 aromatic rings. The van der Waals surface area contributed by atoms with Crippen molar-refractivity contribution in [3.8, 4) is 0 Å². The highest BCUT2D eigenvalue weighted by atomic mass is 32.2. The number of hydrogen-bond acceptors (Lipinski definition) is 2. The summed E-state index contributed by atoms with van der Waals surface area (Å²) >= 11 is 1.69. The van der Waals surface area contributed by atoms with Crippen LogP contribution >= 0.6 is 11.8 Å². The molecule has 1 N–H and O–H groups in total. The molecule has 0 radical (unpaired) electrons. The van der Waals surface area contributed by atoms with Crippen LogP contribution in [0.5, 0.6) is 0 Å². The van der Waals surface area contributed by atoms with Crippen molar-refractivity contribution in [2.24, 2.45) is 0 Å². The van der Waals surface area contributed by atoms with Gasteiger partial charge >= 0.3 is 0 Å². The Balaban J connectivity index is 2.11. The molecule has 2 rings (SSSR count). The number of benzene rings is 2. The monoisotopic (exact) mass is 299 g/mol. The van der Waals surface area contributed by atoms with Gasteiger partial charge in [-0.2, -0.15) is 0 Å². The number of carbonyl (C=O) groups excluding carboxylic acids is 1. The Morgan fingerprint density at radius 1 is 1.10 bits per heavy atom. The molecule has 0 aliphatic heterocycles. The summed E-state index contributed by atoms with van der Waals surface area (Å²) in [5.74, 6) is -0.0172. The molecule has 0 unspecified atom stereocenters. The van der Waals surface area contributed by atoms with Crippen molar-refractivity contribution in [2.45, 2.75) is 30.6 Å². The van der Waals surface area contributed by atoms with Crippen LogP contribution in [0.3, 0.4) is 0 Å². The first-order valence-electron chi connectivity index (χ1n) is 7.24. The predicted octanol–water partition coefficient (Wildman–Crippen LogP) is 4.93. The van der Waals surface area contributed by atoms with Crippen LogP contribution in [0.15, 0.2) is 59.5 Å². The van der Waals surface area contributed by atoms with Gasteiger partial charge in [0.15, 0.2) is 0 Å². The van der Waals surface area contributed by atoms with Gasteiger partial charge in [-0.1, -0.05) is 43.7 Å². The average Bonchev–Trinajstić information content (AvgIpc) is 2.54. The standard InChI is InChI=1S/C18H21NOS/c1-3-7-17(14-8-5-4-6-9-14)18(20)19-15-10-12-16(21-2)13-11-15/h4-6,8-13,17H,3,7H2,1-2H3,(H,19,20)/t17-/m1/s1. The number of nitrogens with one attached hydrogen (secondary N) is 1.